The van der Waals surface area contributed by atoms with E-state index in [1.165, 1.54) is 17.8 Å². The molecule has 1 rings (SSSR count). The van der Waals surface area contributed by atoms with E-state index >= 15 is 0 Å². The standard InChI is InChI=1S/C15H15F2N3O3S/c1-24-6-5-12(15(22)23)20-14(21)9(7-18)8-19-13-10(16)3-2-4-11(13)17/h2-4,8,12,19H,5-6H2,1H3,(H,20,21)(H,22,23)/b9-8-. The van der Waals surface area contributed by atoms with E-state index in [9.17, 15) is 18.4 Å². The SMILES string of the molecule is CSCCC(NC(=O)/C(C#N)=C\Nc1c(F)cccc1F)C(=O)O. The number of halogens is 2. The molecule has 128 valence electrons. The first-order valence-corrected chi connectivity index (χ1v) is 8.13. The Morgan fingerprint density at radius 3 is 2.54 bits per heavy atom. The predicted octanol–water partition coefficient (Wildman–Crippen LogP) is 2.11. The highest BCUT2D eigenvalue weighted by molar-refractivity contribution is 7.98. The van der Waals surface area contributed by atoms with Crippen molar-refractivity contribution in [2.45, 2.75) is 12.5 Å². The minimum Gasteiger partial charge on any atom is -0.480 e. The number of nitrogens with one attached hydrogen (secondary N) is 2. The third kappa shape index (κ3) is 5.55. The van der Waals surface area contributed by atoms with Crippen LogP contribution in [-0.4, -0.2) is 35.0 Å². The summed E-state index contributed by atoms with van der Waals surface area (Å²) in [7, 11) is 0. The van der Waals surface area contributed by atoms with Crippen molar-refractivity contribution in [1.29, 1.82) is 5.26 Å². The number of carboxylic acids is 1. The smallest absolute Gasteiger partial charge is 0.326 e. The van der Waals surface area contributed by atoms with Crippen molar-refractivity contribution < 1.29 is 23.5 Å². The summed E-state index contributed by atoms with van der Waals surface area (Å²) in [6.45, 7) is 0. The van der Waals surface area contributed by atoms with Crippen LogP contribution in [0.25, 0.3) is 0 Å². The summed E-state index contributed by atoms with van der Waals surface area (Å²) in [5.74, 6) is -3.47. The number of hydrogen-bond donors (Lipinski definition) is 3. The molecule has 1 amide bonds. The van der Waals surface area contributed by atoms with E-state index in [-0.39, 0.29) is 6.42 Å². The van der Waals surface area contributed by atoms with Crippen LogP contribution in [0.2, 0.25) is 0 Å². The minimum absolute atomic E-state index is 0.177. The van der Waals surface area contributed by atoms with Crippen LogP contribution in [0.4, 0.5) is 14.5 Å². The topological polar surface area (TPSA) is 102 Å². The first-order valence-electron chi connectivity index (χ1n) is 6.74. The fraction of sp³-hybridized carbons (Fsp3) is 0.267. The number of anilines is 1. The molecule has 0 fully saturated rings. The number of benzene rings is 1. The van der Waals surface area contributed by atoms with Crippen molar-refractivity contribution in [3.05, 3.63) is 41.6 Å². The summed E-state index contributed by atoms with van der Waals surface area (Å²) >= 11 is 1.41. The first-order chi connectivity index (χ1) is 11.4. The lowest BCUT2D eigenvalue weighted by Crippen LogP contribution is -2.41. The van der Waals surface area contributed by atoms with Crippen molar-refractivity contribution in [3.63, 3.8) is 0 Å². The lowest BCUT2D eigenvalue weighted by atomic mass is 10.2. The zero-order chi connectivity index (χ0) is 18.1. The molecule has 1 atom stereocenters. The Labute approximate surface area is 141 Å². The van der Waals surface area contributed by atoms with Gasteiger partial charge in [-0.2, -0.15) is 17.0 Å². The highest BCUT2D eigenvalue weighted by Crippen LogP contribution is 2.18. The second-order valence-electron chi connectivity index (χ2n) is 4.56. The molecule has 0 radical (unpaired) electrons. The number of para-hydroxylation sites is 1. The molecule has 6 nitrogen and oxygen atoms in total. The number of rotatable bonds is 8. The Morgan fingerprint density at radius 2 is 2.04 bits per heavy atom. The van der Waals surface area contributed by atoms with E-state index in [1.807, 2.05) is 0 Å². The average molecular weight is 355 g/mol. The second kappa shape index (κ2) is 9.52. The summed E-state index contributed by atoms with van der Waals surface area (Å²) in [5.41, 5.74) is -1.02. The van der Waals surface area contributed by atoms with Gasteiger partial charge in [0, 0.05) is 6.20 Å². The van der Waals surface area contributed by atoms with Crippen LogP contribution in [0, 0.1) is 23.0 Å². The van der Waals surface area contributed by atoms with E-state index < -0.39 is 40.8 Å². The molecule has 0 saturated heterocycles. The van der Waals surface area contributed by atoms with Crippen LogP contribution in [0.5, 0.6) is 0 Å². The molecule has 24 heavy (non-hydrogen) atoms. The molecule has 0 aromatic heterocycles. The zero-order valence-electron chi connectivity index (χ0n) is 12.7. The highest BCUT2D eigenvalue weighted by Gasteiger charge is 2.21. The van der Waals surface area contributed by atoms with Gasteiger partial charge in [0.25, 0.3) is 5.91 Å². The normalized spacial score (nSPS) is 12.2. The number of nitriles is 1. The zero-order valence-corrected chi connectivity index (χ0v) is 13.5. The van der Waals surface area contributed by atoms with E-state index in [0.29, 0.717) is 5.75 Å². The molecule has 0 aliphatic heterocycles. The Kier molecular flexibility index (Phi) is 7.71. The van der Waals surface area contributed by atoms with Crippen molar-refractivity contribution in [1.82, 2.24) is 5.32 Å². The number of carboxylic acid groups (broad SMARTS) is 1. The molecule has 0 aliphatic rings. The van der Waals surface area contributed by atoms with E-state index in [4.69, 9.17) is 10.4 Å². The summed E-state index contributed by atoms with van der Waals surface area (Å²) in [6, 6.07) is 3.58. The number of thioether (sulfide) groups is 1. The maximum atomic E-state index is 13.5. The molecule has 0 saturated carbocycles. The Balaban J connectivity index is 2.86. The van der Waals surface area contributed by atoms with Crippen LogP contribution in [0.1, 0.15) is 6.42 Å². The van der Waals surface area contributed by atoms with Crippen LogP contribution in [0.15, 0.2) is 30.0 Å². The molecular weight excluding hydrogens is 340 g/mol. The van der Waals surface area contributed by atoms with Gasteiger partial charge in [0.15, 0.2) is 0 Å². The molecule has 3 N–H and O–H groups in total. The fourth-order valence-corrected chi connectivity index (χ4v) is 2.13. The lowest BCUT2D eigenvalue weighted by Gasteiger charge is -2.13. The molecule has 0 bridgehead atoms. The van der Waals surface area contributed by atoms with E-state index in [0.717, 1.165) is 18.3 Å². The van der Waals surface area contributed by atoms with Gasteiger partial charge in [-0.3, -0.25) is 4.79 Å². The largest absolute Gasteiger partial charge is 0.480 e. The third-order valence-corrected chi connectivity index (χ3v) is 3.55. The van der Waals surface area contributed by atoms with Gasteiger partial charge in [-0.25, -0.2) is 13.6 Å². The van der Waals surface area contributed by atoms with E-state index in [1.54, 1.807) is 12.3 Å². The molecule has 0 aliphatic carbocycles. The van der Waals surface area contributed by atoms with Gasteiger partial charge in [0.05, 0.1) is 0 Å². The number of hydrogen-bond acceptors (Lipinski definition) is 5. The molecule has 9 heteroatoms. The quantitative estimate of drug-likeness (QED) is 0.488. The van der Waals surface area contributed by atoms with E-state index in [2.05, 4.69) is 10.6 Å². The van der Waals surface area contributed by atoms with Crippen LogP contribution in [0.3, 0.4) is 0 Å². The lowest BCUT2D eigenvalue weighted by molar-refractivity contribution is -0.141. The number of amides is 1. The van der Waals surface area contributed by atoms with Crippen molar-refractivity contribution in [2.75, 3.05) is 17.3 Å². The first kappa shape index (κ1) is 19.4. The summed E-state index contributed by atoms with van der Waals surface area (Å²) in [6.07, 6.45) is 2.79. The summed E-state index contributed by atoms with van der Waals surface area (Å²) in [5, 5.41) is 22.4. The maximum Gasteiger partial charge on any atom is 0.326 e. The third-order valence-electron chi connectivity index (χ3n) is 2.90. The molecule has 1 unspecified atom stereocenters. The monoisotopic (exact) mass is 355 g/mol. The molecule has 1 aromatic carbocycles. The molecule has 0 spiro atoms. The Hall–Kier alpha value is -2.60. The minimum atomic E-state index is -1.23. The molecular formula is C15H15F2N3O3S. The van der Waals surface area contributed by atoms with Gasteiger partial charge >= 0.3 is 5.97 Å². The van der Waals surface area contributed by atoms with Crippen LogP contribution >= 0.6 is 11.8 Å². The van der Waals surface area contributed by atoms with Crippen molar-refractivity contribution in [2.24, 2.45) is 0 Å². The fourth-order valence-electron chi connectivity index (χ4n) is 1.66. The Bertz CT molecular complexity index is 669. The van der Waals surface area contributed by atoms with Crippen molar-refractivity contribution >= 4 is 29.3 Å². The second-order valence-corrected chi connectivity index (χ2v) is 5.54. The van der Waals surface area contributed by atoms with Crippen molar-refractivity contribution in [3.8, 4) is 6.07 Å². The van der Waals surface area contributed by atoms with Crippen LogP contribution < -0.4 is 10.6 Å². The number of carbonyl (C=O) groups excluding carboxylic acids is 1. The molecule has 0 heterocycles. The van der Waals surface area contributed by atoms with Crippen LogP contribution in [-0.2, 0) is 9.59 Å². The number of aliphatic carboxylic acids is 1. The van der Waals surface area contributed by atoms with Gasteiger partial charge in [0.1, 0.15) is 35.0 Å². The van der Waals surface area contributed by atoms with Gasteiger partial charge in [-0.1, -0.05) is 6.07 Å². The molecule has 1 aromatic rings. The average Bonchev–Trinajstić information content (AvgIpc) is 2.54. The number of carbonyl (C=O) groups is 2. The highest BCUT2D eigenvalue weighted by atomic mass is 32.2. The summed E-state index contributed by atoms with van der Waals surface area (Å²) < 4.78 is 26.9. The van der Waals surface area contributed by atoms with Gasteiger partial charge in [0.2, 0.25) is 0 Å². The summed E-state index contributed by atoms with van der Waals surface area (Å²) in [4.78, 5) is 23.0. The predicted molar refractivity (Wildman–Crippen MR) is 86.2 cm³/mol. The maximum absolute atomic E-state index is 13.5. The number of nitrogens with zero attached hydrogens (tertiary/aromatic N) is 1. The van der Waals surface area contributed by atoms with Gasteiger partial charge < -0.3 is 15.7 Å². The van der Waals surface area contributed by atoms with Gasteiger partial charge in [-0.15, -0.1) is 0 Å². The van der Waals surface area contributed by atoms with Gasteiger partial charge in [-0.05, 0) is 30.6 Å². The Morgan fingerprint density at radius 1 is 1.42 bits per heavy atom.